The second kappa shape index (κ2) is 6.75. The Labute approximate surface area is 196 Å². The van der Waals surface area contributed by atoms with Crippen LogP contribution < -0.4 is 0 Å². The molecule has 0 radical (unpaired) electrons. The zero-order valence-corrected chi connectivity index (χ0v) is 19.5. The van der Waals surface area contributed by atoms with E-state index in [1.165, 1.54) is 34.0 Å². The van der Waals surface area contributed by atoms with Crippen LogP contribution in [0.5, 0.6) is 0 Å². The summed E-state index contributed by atoms with van der Waals surface area (Å²) in [5.74, 6) is 0. The Kier molecular flexibility index (Phi) is 4.18. The molecule has 1 aliphatic carbocycles. The Hall–Kier alpha value is -3.53. The molecule has 0 N–H and O–H groups in total. The van der Waals surface area contributed by atoms with Crippen LogP contribution in [-0.2, 0) is 11.6 Å². The second-order valence-corrected chi connectivity index (χ2v) is 9.99. The molecular formula is C30H24F3N. The molecule has 1 nitrogen and oxygen atoms in total. The highest BCUT2D eigenvalue weighted by atomic mass is 19.4. The van der Waals surface area contributed by atoms with Gasteiger partial charge in [0.05, 0.1) is 16.6 Å². The van der Waals surface area contributed by atoms with E-state index in [1.807, 2.05) is 13.8 Å². The van der Waals surface area contributed by atoms with Gasteiger partial charge in [-0.15, -0.1) is 0 Å². The Morgan fingerprint density at radius 2 is 1.18 bits per heavy atom. The predicted octanol–water partition coefficient (Wildman–Crippen LogP) is 8.73. The van der Waals surface area contributed by atoms with Gasteiger partial charge in [0.1, 0.15) is 0 Å². The van der Waals surface area contributed by atoms with Crippen LogP contribution in [0.1, 0.15) is 41.7 Å². The average Bonchev–Trinajstić information content (AvgIpc) is 3.21. The van der Waals surface area contributed by atoms with Gasteiger partial charge in [-0.3, -0.25) is 0 Å². The quantitative estimate of drug-likeness (QED) is 0.238. The molecule has 0 aliphatic heterocycles. The Morgan fingerprint density at radius 3 is 1.74 bits per heavy atom. The third-order valence-electron chi connectivity index (χ3n) is 7.32. The summed E-state index contributed by atoms with van der Waals surface area (Å²) in [6.07, 6.45) is -4.36. The van der Waals surface area contributed by atoms with Gasteiger partial charge in [-0.1, -0.05) is 49.2 Å². The molecule has 0 bridgehead atoms. The minimum atomic E-state index is -4.36. The summed E-state index contributed by atoms with van der Waals surface area (Å²) in [6.45, 7) is 8.23. The number of aromatic nitrogens is 1. The highest BCUT2D eigenvalue weighted by Crippen LogP contribution is 2.51. The maximum absolute atomic E-state index is 13.4. The molecule has 0 atom stereocenters. The summed E-state index contributed by atoms with van der Waals surface area (Å²) >= 11 is 0. The molecule has 0 saturated carbocycles. The molecule has 34 heavy (non-hydrogen) atoms. The van der Waals surface area contributed by atoms with Gasteiger partial charge in [0.2, 0.25) is 0 Å². The van der Waals surface area contributed by atoms with Crippen molar-refractivity contribution in [1.29, 1.82) is 0 Å². The maximum atomic E-state index is 13.4. The monoisotopic (exact) mass is 455 g/mol. The third-order valence-corrected chi connectivity index (χ3v) is 7.32. The van der Waals surface area contributed by atoms with E-state index in [1.54, 1.807) is 6.07 Å². The molecule has 170 valence electrons. The van der Waals surface area contributed by atoms with Crippen LogP contribution in [0.2, 0.25) is 0 Å². The van der Waals surface area contributed by atoms with Crippen LogP contribution in [0.4, 0.5) is 13.2 Å². The number of fused-ring (bicyclic) bond motifs is 6. The number of aryl methyl sites for hydroxylation is 2. The van der Waals surface area contributed by atoms with Crippen molar-refractivity contribution in [2.45, 2.75) is 39.3 Å². The van der Waals surface area contributed by atoms with Crippen molar-refractivity contribution in [3.05, 3.63) is 101 Å². The molecule has 0 spiro atoms. The van der Waals surface area contributed by atoms with E-state index in [0.29, 0.717) is 0 Å². The number of hydrogen-bond donors (Lipinski definition) is 0. The lowest BCUT2D eigenvalue weighted by Crippen LogP contribution is -2.17. The molecule has 0 unspecified atom stereocenters. The Balaban J connectivity index is 1.60. The van der Waals surface area contributed by atoms with Crippen molar-refractivity contribution in [3.63, 3.8) is 0 Å². The number of hydrogen-bond acceptors (Lipinski definition) is 0. The maximum Gasteiger partial charge on any atom is 0.416 e. The highest BCUT2D eigenvalue weighted by molar-refractivity contribution is 6.09. The van der Waals surface area contributed by atoms with E-state index in [0.717, 1.165) is 39.0 Å². The van der Waals surface area contributed by atoms with Crippen LogP contribution in [-0.4, -0.2) is 4.57 Å². The van der Waals surface area contributed by atoms with Crippen LogP contribution >= 0.6 is 0 Å². The largest absolute Gasteiger partial charge is 0.416 e. The number of benzene rings is 4. The fraction of sp³-hybridized carbons (Fsp3) is 0.200. The van der Waals surface area contributed by atoms with Crippen LogP contribution in [0.25, 0.3) is 38.6 Å². The molecule has 1 heterocycles. The van der Waals surface area contributed by atoms with Gasteiger partial charge in [-0.05, 0) is 84.6 Å². The molecule has 1 aliphatic rings. The highest BCUT2D eigenvalue weighted by Gasteiger charge is 2.39. The zero-order valence-electron chi connectivity index (χ0n) is 19.5. The van der Waals surface area contributed by atoms with Crippen molar-refractivity contribution in [3.8, 4) is 16.8 Å². The smallest absolute Gasteiger partial charge is 0.309 e. The fourth-order valence-corrected chi connectivity index (χ4v) is 5.57. The minimum Gasteiger partial charge on any atom is -0.309 e. The molecule has 1 aromatic heterocycles. The van der Waals surface area contributed by atoms with E-state index in [4.69, 9.17) is 0 Å². The first-order valence-electron chi connectivity index (χ1n) is 11.4. The van der Waals surface area contributed by atoms with Gasteiger partial charge in [-0.25, -0.2) is 0 Å². The van der Waals surface area contributed by atoms with Crippen molar-refractivity contribution in [1.82, 2.24) is 4.57 Å². The second-order valence-electron chi connectivity index (χ2n) is 9.99. The van der Waals surface area contributed by atoms with Crippen LogP contribution in [0, 0.1) is 13.8 Å². The minimum absolute atomic E-state index is 0.534. The first-order valence-corrected chi connectivity index (χ1v) is 11.4. The zero-order chi connectivity index (χ0) is 24.0. The summed E-state index contributed by atoms with van der Waals surface area (Å²) in [7, 11) is 0. The third kappa shape index (κ3) is 2.87. The molecule has 0 fully saturated rings. The average molecular weight is 456 g/mol. The topological polar surface area (TPSA) is 4.93 Å². The van der Waals surface area contributed by atoms with Gasteiger partial charge in [0.25, 0.3) is 0 Å². The number of halogens is 3. The molecule has 4 heteroatoms. The standard InChI is InChI=1S/C30H24F3N/c1-17-5-11-27-23(13-17)24-14-18(2)6-12-28(24)34(27)20-8-10-22-21-9-7-19(30(31,32)33)15-25(21)29(3,4)26(22)16-20/h5-16H,1-4H3. The van der Waals surface area contributed by atoms with Gasteiger partial charge in [0.15, 0.2) is 0 Å². The lowest BCUT2D eigenvalue weighted by Gasteiger charge is -2.23. The summed E-state index contributed by atoms with van der Waals surface area (Å²) in [5.41, 5.74) is 8.21. The molecule has 5 aromatic rings. The Morgan fingerprint density at radius 1 is 0.647 bits per heavy atom. The molecule has 6 rings (SSSR count). The first kappa shape index (κ1) is 21.0. The van der Waals surface area contributed by atoms with Crippen molar-refractivity contribution in [2.24, 2.45) is 0 Å². The Bertz CT molecular complexity index is 1570. The summed E-state index contributed by atoms with van der Waals surface area (Å²) in [4.78, 5) is 0. The lowest BCUT2D eigenvalue weighted by molar-refractivity contribution is -0.137. The summed E-state index contributed by atoms with van der Waals surface area (Å²) < 4.78 is 42.6. The number of nitrogens with zero attached hydrogens (tertiary/aromatic N) is 1. The van der Waals surface area contributed by atoms with Crippen molar-refractivity contribution < 1.29 is 13.2 Å². The molecule has 0 amide bonds. The number of rotatable bonds is 1. The number of alkyl halides is 3. The fourth-order valence-electron chi connectivity index (χ4n) is 5.57. The van der Waals surface area contributed by atoms with Gasteiger partial charge < -0.3 is 4.57 Å². The molecular weight excluding hydrogens is 431 g/mol. The molecule has 0 saturated heterocycles. The van der Waals surface area contributed by atoms with Gasteiger partial charge in [0, 0.05) is 21.9 Å². The van der Waals surface area contributed by atoms with Crippen LogP contribution in [0.3, 0.4) is 0 Å². The lowest BCUT2D eigenvalue weighted by atomic mass is 9.82. The predicted molar refractivity (Wildman–Crippen MR) is 133 cm³/mol. The van der Waals surface area contributed by atoms with E-state index in [2.05, 4.69) is 73.0 Å². The molecule has 4 aromatic carbocycles. The first-order chi connectivity index (χ1) is 16.1. The van der Waals surface area contributed by atoms with E-state index >= 15 is 0 Å². The summed E-state index contributed by atoms with van der Waals surface area (Å²) in [6, 6.07) is 23.4. The van der Waals surface area contributed by atoms with E-state index in [-0.39, 0.29) is 0 Å². The van der Waals surface area contributed by atoms with Crippen LogP contribution in [0.15, 0.2) is 72.8 Å². The van der Waals surface area contributed by atoms with Crippen molar-refractivity contribution in [2.75, 3.05) is 0 Å². The van der Waals surface area contributed by atoms with E-state index < -0.39 is 17.2 Å². The summed E-state index contributed by atoms with van der Waals surface area (Å²) in [5, 5.41) is 2.41. The normalized spacial score (nSPS) is 14.6. The van der Waals surface area contributed by atoms with Gasteiger partial charge in [-0.2, -0.15) is 13.2 Å². The SMILES string of the molecule is Cc1ccc2c(c1)c1cc(C)ccc1n2-c1ccc2c(c1)C(C)(C)c1cc(C(F)(F)F)ccc1-2. The van der Waals surface area contributed by atoms with E-state index in [9.17, 15) is 13.2 Å². The van der Waals surface area contributed by atoms with Crippen molar-refractivity contribution >= 4 is 21.8 Å². The van der Waals surface area contributed by atoms with Gasteiger partial charge >= 0.3 is 6.18 Å².